The van der Waals surface area contributed by atoms with Gasteiger partial charge in [-0.05, 0) is 46.5 Å². The molecule has 0 radical (unpaired) electrons. The largest absolute Gasteiger partial charge is 0.510 e. The van der Waals surface area contributed by atoms with Gasteiger partial charge in [-0.3, -0.25) is 0 Å². The maximum Gasteiger partial charge on any atom is 0.408 e. The Morgan fingerprint density at radius 1 is 1.32 bits per heavy atom. The molecule has 3 rings (SSSR count). The van der Waals surface area contributed by atoms with Crippen molar-refractivity contribution < 1.29 is 19.4 Å². The second-order valence-electron chi connectivity index (χ2n) is 6.64. The van der Waals surface area contributed by atoms with Crippen molar-refractivity contribution in [2.45, 2.75) is 63.2 Å². The minimum absolute atomic E-state index is 0.0954. The third-order valence-electron chi connectivity index (χ3n) is 3.93. The van der Waals surface area contributed by atoms with Crippen LogP contribution in [0.15, 0.2) is 12.3 Å². The lowest BCUT2D eigenvalue weighted by Crippen LogP contribution is -2.63. The zero-order valence-corrected chi connectivity index (χ0v) is 11.9. The quantitative estimate of drug-likeness (QED) is 0.756. The Kier molecular flexibility index (Phi) is 3.29. The highest BCUT2D eigenvalue weighted by molar-refractivity contribution is 5.69. The molecule has 5 nitrogen and oxygen atoms in total. The number of carbonyl (C=O) groups is 1. The molecule has 3 aliphatic rings. The number of carbonyl (C=O) groups excluding carboxylic acids is 1. The molecule has 2 aliphatic heterocycles. The van der Waals surface area contributed by atoms with Crippen molar-refractivity contribution in [3.8, 4) is 0 Å². The van der Waals surface area contributed by atoms with Crippen molar-refractivity contribution in [2.24, 2.45) is 0 Å². The predicted octanol–water partition coefficient (Wildman–Crippen LogP) is 2.66. The van der Waals surface area contributed by atoms with Crippen LogP contribution in [0.2, 0.25) is 0 Å². The van der Waals surface area contributed by atoms with E-state index in [0.717, 1.165) is 12.8 Å². The number of alkyl carbamates (subject to hydrolysis) is 1. The summed E-state index contributed by atoms with van der Waals surface area (Å²) in [5, 5.41) is 12.6. The molecule has 3 fully saturated rings. The molecule has 2 heterocycles. The van der Waals surface area contributed by atoms with E-state index in [-0.39, 0.29) is 11.3 Å². The molecule has 5 heteroatoms. The maximum absolute atomic E-state index is 11.9. The first kappa shape index (κ1) is 14.2. The van der Waals surface area contributed by atoms with Crippen LogP contribution in [0.5, 0.6) is 0 Å². The lowest BCUT2D eigenvalue weighted by molar-refractivity contribution is -0.154. The van der Waals surface area contributed by atoms with E-state index in [1.165, 1.54) is 0 Å². The minimum atomic E-state index is -0.600. The van der Waals surface area contributed by atoms with Gasteiger partial charge in [-0.25, -0.2) is 4.79 Å². The van der Waals surface area contributed by atoms with Gasteiger partial charge in [0, 0.05) is 0 Å². The van der Waals surface area contributed by atoms with Crippen molar-refractivity contribution in [1.29, 1.82) is 0 Å². The van der Waals surface area contributed by atoms with Gasteiger partial charge in [0.2, 0.25) is 0 Å². The Balaban J connectivity index is 1.97. The van der Waals surface area contributed by atoms with Crippen molar-refractivity contribution in [1.82, 2.24) is 5.32 Å². The first-order valence-electron chi connectivity index (χ1n) is 6.70. The van der Waals surface area contributed by atoms with E-state index in [9.17, 15) is 9.90 Å². The van der Waals surface area contributed by atoms with Crippen LogP contribution in [0.4, 0.5) is 4.79 Å². The zero-order valence-electron chi connectivity index (χ0n) is 11.9. The van der Waals surface area contributed by atoms with Gasteiger partial charge in [-0.2, -0.15) is 0 Å². The van der Waals surface area contributed by atoms with E-state index in [1.54, 1.807) is 0 Å². The molecule has 0 spiro atoms. The van der Waals surface area contributed by atoms with Gasteiger partial charge in [0.15, 0.2) is 0 Å². The lowest BCUT2D eigenvalue weighted by Gasteiger charge is -2.52. The van der Waals surface area contributed by atoms with E-state index >= 15 is 0 Å². The van der Waals surface area contributed by atoms with Crippen LogP contribution in [-0.2, 0) is 9.47 Å². The Bertz CT molecular complexity index is 372. The SMILES string of the molecule is C=C(O)C12CCC(NC(=O)OC(C)(C)C)(CC1)CO2. The third-order valence-corrected chi connectivity index (χ3v) is 3.93. The number of rotatable bonds is 2. The lowest BCUT2D eigenvalue weighted by atomic mass is 9.70. The van der Waals surface area contributed by atoms with E-state index in [4.69, 9.17) is 9.47 Å². The monoisotopic (exact) mass is 269 g/mol. The van der Waals surface area contributed by atoms with Gasteiger partial charge in [0.1, 0.15) is 17.0 Å². The zero-order chi connectivity index (χ0) is 14.3. The summed E-state index contributed by atoms with van der Waals surface area (Å²) in [4.78, 5) is 11.9. The number of hydrogen-bond acceptors (Lipinski definition) is 4. The smallest absolute Gasteiger partial charge is 0.408 e. The van der Waals surface area contributed by atoms with Gasteiger partial charge >= 0.3 is 6.09 Å². The van der Waals surface area contributed by atoms with Crippen LogP contribution in [-0.4, -0.2) is 34.5 Å². The van der Waals surface area contributed by atoms with Crippen molar-refractivity contribution in [3.63, 3.8) is 0 Å². The standard InChI is InChI=1S/C14H23NO4/c1-10(16)14-7-5-13(6-8-14,9-18-14)15-11(17)19-12(2,3)4/h16H,1,5-9H2,2-4H3,(H,15,17). The Morgan fingerprint density at radius 2 is 1.89 bits per heavy atom. The number of fused-ring (bicyclic) bond motifs is 3. The summed E-state index contributed by atoms with van der Waals surface area (Å²) in [6, 6.07) is 0. The van der Waals surface area contributed by atoms with E-state index in [2.05, 4.69) is 11.9 Å². The number of ether oxygens (including phenoxy) is 2. The summed E-state index contributed by atoms with van der Waals surface area (Å²) >= 11 is 0. The van der Waals surface area contributed by atoms with Gasteiger partial charge < -0.3 is 19.9 Å². The molecule has 0 aromatic rings. The maximum atomic E-state index is 11.9. The first-order valence-corrected chi connectivity index (χ1v) is 6.70. The van der Waals surface area contributed by atoms with Gasteiger partial charge in [0.25, 0.3) is 0 Å². The highest BCUT2D eigenvalue weighted by Crippen LogP contribution is 2.46. The average molecular weight is 269 g/mol. The molecule has 2 N–H and O–H groups in total. The number of aliphatic hydroxyl groups is 1. The summed E-state index contributed by atoms with van der Waals surface area (Å²) < 4.78 is 11.0. The fourth-order valence-electron chi connectivity index (χ4n) is 2.75. The first-order chi connectivity index (χ1) is 8.67. The molecule has 0 atom stereocenters. The minimum Gasteiger partial charge on any atom is -0.510 e. The number of aliphatic hydroxyl groups excluding tert-OH is 1. The molecule has 0 aromatic carbocycles. The molecule has 108 valence electrons. The molecule has 19 heavy (non-hydrogen) atoms. The fourth-order valence-corrected chi connectivity index (χ4v) is 2.75. The Labute approximate surface area is 114 Å². The highest BCUT2D eigenvalue weighted by atomic mass is 16.6. The van der Waals surface area contributed by atoms with Gasteiger partial charge in [0.05, 0.1) is 12.1 Å². The second kappa shape index (κ2) is 4.40. The van der Waals surface area contributed by atoms with Crippen LogP contribution < -0.4 is 5.32 Å². The van der Waals surface area contributed by atoms with Crippen LogP contribution in [0.3, 0.4) is 0 Å². The van der Waals surface area contributed by atoms with Gasteiger partial charge in [-0.15, -0.1) is 0 Å². The molecule has 1 amide bonds. The molecule has 1 aliphatic carbocycles. The van der Waals surface area contributed by atoms with Crippen molar-refractivity contribution >= 4 is 6.09 Å². The normalized spacial score (nSPS) is 33.8. The Hall–Kier alpha value is -1.23. The van der Waals surface area contributed by atoms with E-state index in [0.29, 0.717) is 19.4 Å². The predicted molar refractivity (Wildman–Crippen MR) is 71.0 cm³/mol. The molecule has 2 bridgehead atoms. The Morgan fingerprint density at radius 3 is 2.26 bits per heavy atom. The van der Waals surface area contributed by atoms with Crippen LogP contribution in [0.25, 0.3) is 0 Å². The molecular formula is C14H23NO4. The molecule has 2 saturated heterocycles. The van der Waals surface area contributed by atoms with Crippen molar-refractivity contribution in [2.75, 3.05) is 6.61 Å². The summed E-state index contributed by atoms with van der Waals surface area (Å²) in [5.41, 5.74) is -1.47. The highest BCUT2D eigenvalue weighted by Gasteiger charge is 2.52. The molecule has 0 aromatic heterocycles. The summed E-state index contributed by atoms with van der Waals surface area (Å²) in [7, 11) is 0. The topological polar surface area (TPSA) is 67.8 Å². The molecule has 0 unspecified atom stereocenters. The van der Waals surface area contributed by atoms with E-state index < -0.39 is 17.3 Å². The molecule has 1 saturated carbocycles. The van der Waals surface area contributed by atoms with E-state index in [1.807, 2.05) is 20.8 Å². The molecular weight excluding hydrogens is 246 g/mol. The van der Waals surface area contributed by atoms with Crippen LogP contribution in [0, 0.1) is 0 Å². The second-order valence-corrected chi connectivity index (χ2v) is 6.64. The van der Waals surface area contributed by atoms with Crippen LogP contribution in [0.1, 0.15) is 46.5 Å². The third kappa shape index (κ3) is 2.86. The summed E-state index contributed by atoms with van der Waals surface area (Å²) in [5.74, 6) is 0.0954. The fraction of sp³-hybridized carbons (Fsp3) is 0.786. The number of hydrogen-bond donors (Lipinski definition) is 2. The summed E-state index contributed by atoms with van der Waals surface area (Å²) in [6.07, 6.45) is 2.49. The number of nitrogens with one attached hydrogen (secondary N) is 1. The average Bonchev–Trinajstić information content (AvgIpc) is 2.27. The number of amides is 1. The van der Waals surface area contributed by atoms with Gasteiger partial charge in [-0.1, -0.05) is 6.58 Å². The van der Waals surface area contributed by atoms with Crippen molar-refractivity contribution in [3.05, 3.63) is 12.3 Å². The van der Waals surface area contributed by atoms with Crippen LogP contribution >= 0.6 is 0 Å². The summed E-state index contributed by atoms with van der Waals surface area (Å²) in [6.45, 7) is 9.50.